The Morgan fingerprint density at radius 1 is 1.06 bits per heavy atom. The molecule has 0 bridgehead atoms. The Morgan fingerprint density at radius 2 is 1.83 bits per heavy atom. The molecule has 0 saturated carbocycles. The molecule has 0 amide bonds. The van der Waals surface area contributed by atoms with Gasteiger partial charge in [-0.2, -0.15) is 5.26 Å². The highest BCUT2D eigenvalue weighted by atomic mass is 16.5. The summed E-state index contributed by atoms with van der Waals surface area (Å²) in [5, 5.41) is 9.74. The number of carbonyl (C=O) groups excluding carboxylic acids is 1. The Morgan fingerprint density at radius 3 is 2.54 bits per heavy atom. The first-order valence-corrected chi connectivity index (χ1v) is 11.3. The summed E-state index contributed by atoms with van der Waals surface area (Å²) in [5.41, 5.74) is 8.38. The second-order valence-electron chi connectivity index (χ2n) is 8.02. The summed E-state index contributed by atoms with van der Waals surface area (Å²) in [6, 6.07) is 21.5. The first-order chi connectivity index (χ1) is 17.0. The van der Waals surface area contributed by atoms with Crippen LogP contribution in [0.15, 0.2) is 78.2 Å². The van der Waals surface area contributed by atoms with E-state index in [9.17, 15) is 10.1 Å². The minimum Gasteiger partial charge on any atom is -0.497 e. The summed E-state index contributed by atoms with van der Waals surface area (Å²) in [6.45, 7) is 2.68. The lowest BCUT2D eigenvalue weighted by molar-refractivity contribution is 0.0734. The Bertz CT molecular complexity index is 1290. The van der Waals surface area contributed by atoms with Gasteiger partial charge in [-0.05, 0) is 48.4 Å². The van der Waals surface area contributed by atoms with Crippen molar-refractivity contribution in [3.8, 4) is 29.1 Å². The minimum absolute atomic E-state index is 0.0150. The largest absolute Gasteiger partial charge is 0.497 e. The molecule has 0 aromatic heterocycles. The van der Waals surface area contributed by atoms with E-state index >= 15 is 0 Å². The summed E-state index contributed by atoms with van der Waals surface area (Å²) < 4.78 is 22.2. The first kappa shape index (κ1) is 23.7. The number of carbonyl (C=O) groups is 1. The zero-order valence-corrected chi connectivity index (χ0v) is 19.6. The third-order valence-electron chi connectivity index (χ3n) is 5.69. The van der Waals surface area contributed by atoms with Crippen LogP contribution in [0.4, 0.5) is 0 Å². The van der Waals surface area contributed by atoms with Gasteiger partial charge in [-0.15, -0.1) is 0 Å². The predicted molar refractivity (Wildman–Crippen MR) is 131 cm³/mol. The molecule has 3 aromatic rings. The number of esters is 1. The lowest BCUT2D eigenvalue weighted by atomic mass is 9.83. The molecule has 0 radical (unpaired) electrons. The van der Waals surface area contributed by atoms with Crippen LogP contribution in [0.1, 0.15) is 47.2 Å². The van der Waals surface area contributed by atoms with Crippen LogP contribution in [-0.2, 0) is 0 Å². The third kappa shape index (κ3) is 5.22. The Labute approximate surface area is 204 Å². The number of unbranched alkanes of at least 4 members (excludes halogenated alkanes) is 1. The second kappa shape index (κ2) is 10.7. The molecular formula is C28H26N2O5. The van der Waals surface area contributed by atoms with E-state index < -0.39 is 11.9 Å². The highest BCUT2D eigenvalue weighted by Gasteiger charge is 2.31. The number of hydrogen-bond donors (Lipinski definition) is 1. The van der Waals surface area contributed by atoms with Crippen molar-refractivity contribution in [1.82, 2.24) is 0 Å². The van der Waals surface area contributed by atoms with E-state index in [0.29, 0.717) is 40.7 Å². The average molecular weight is 471 g/mol. The van der Waals surface area contributed by atoms with Gasteiger partial charge in [0.25, 0.3) is 0 Å². The molecule has 1 aliphatic heterocycles. The van der Waals surface area contributed by atoms with E-state index in [1.165, 1.54) is 0 Å². The molecule has 0 spiro atoms. The molecule has 35 heavy (non-hydrogen) atoms. The molecule has 1 unspecified atom stereocenters. The molecule has 7 heteroatoms. The number of ether oxygens (including phenoxy) is 4. The summed E-state index contributed by atoms with van der Waals surface area (Å²) in [6.07, 6.45) is 1.96. The predicted octanol–water partition coefficient (Wildman–Crippen LogP) is 5.31. The zero-order chi connectivity index (χ0) is 24.8. The van der Waals surface area contributed by atoms with Gasteiger partial charge in [0.05, 0.1) is 25.2 Å². The molecule has 1 aliphatic rings. The fourth-order valence-corrected chi connectivity index (χ4v) is 3.85. The second-order valence-corrected chi connectivity index (χ2v) is 8.02. The van der Waals surface area contributed by atoms with Gasteiger partial charge >= 0.3 is 5.97 Å². The van der Waals surface area contributed by atoms with E-state index in [0.717, 1.165) is 24.0 Å². The topological polar surface area (TPSA) is 104 Å². The number of allylic oxidation sites excluding steroid dienone is 1. The monoisotopic (exact) mass is 470 g/mol. The first-order valence-electron chi connectivity index (χ1n) is 11.3. The average Bonchev–Trinajstić information content (AvgIpc) is 2.88. The molecule has 7 nitrogen and oxygen atoms in total. The van der Waals surface area contributed by atoms with Gasteiger partial charge in [-0.25, -0.2) is 4.79 Å². The number of nitriles is 1. The summed E-state index contributed by atoms with van der Waals surface area (Å²) >= 11 is 0. The Hall–Kier alpha value is -4.44. The van der Waals surface area contributed by atoms with Crippen molar-refractivity contribution in [1.29, 1.82) is 5.26 Å². The molecule has 1 heterocycles. The zero-order valence-electron chi connectivity index (χ0n) is 19.6. The molecule has 2 N–H and O–H groups in total. The van der Waals surface area contributed by atoms with Crippen molar-refractivity contribution in [2.24, 2.45) is 5.73 Å². The number of rotatable bonds is 8. The summed E-state index contributed by atoms with van der Waals surface area (Å²) in [4.78, 5) is 12.8. The lowest BCUT2D eigenvalue weighted by Crippen LogP contribution is -2.21. The van der Waals surface area contributed by atoms with Crippen LogP contribution >= 0.6 is 0 Å². The number of benzene rings is 3. The van der Waals surface area contributed by atoms with Crippen LogP contribution < -0.4 is 24.7 Å². The van der Waals surface area contributed by atoms with Crippen molar-refractivity contribution >= 4 is 5.97 Å². The van der Waals surface area contributed by atoms with E-state index in [4.69, 9.17) is 24.7 Å². The lowest BCUT2D eigenvalue weighted by Gasteiger charge is -2.26. The van der Waals surface area contributed by atoms with Crippen molar-refractivity contribution in [2.45, 2.75) is 25.7 Å². The summed E-state index contributed by atoms with van der Waals surface area (Å²) in [7, 11) is 1.59. The van der Waals surface area contributed by atoms with Gasteiger partial charge in [0.1, 0.15) is 34.6 Å². The normalized spacial score (nSPS) is 14.4. The van der Waals surface area contributed by atoms with Gasteiger partial charge in [0.2, 0.25) is 5.88 Å². The Kier molecular flexibility index (Phi) is 7.22. The fourth-order valence-electron chi connectivity index (χ4n) is 3.85. The maximum Gasteiger partial charge on any atom is 0.343 e. The van der Waals surface area contributed by atoms with E-state index in [2.05, 4.69) is 13.0 Å². The van der Waals surface area contributed by atoms with Gasteiger partial charge in [0.15, 0.2) is 0 Å². The van der Waals surface area contributed by atoms with Crippen LogP contribution in [0.5, 0.6) is 23.0 Å². The molecule has 0 aliphatic carbocycles. The molecule has 3 aromatic carbocycles. The molecule has 4 rings (SSSR count). The van der Waals surface area contributed by atoms with Crippen LogP contribution in [0.2, 0.25) is 0 Å². The molecule has 178 valence electrons. The third-order valence-corrected chi connectivity index (χ3v) is 5.69. The van der Waals surface area contributed by atoms with Crippen molar-refractivity contribution < 1.29 is 23.7 Å². The van der Waals surface area contributed by atoms with Crippen LogP contribution in [-0.4, -0.2) is 19.7 Å². The number of nitrogens with two attached hydrogens (primary N) is 1. The van der Waals surface area contributed by atoms with Gasteiger partial charge in [-0.1, -0.05) is 37.6 Å². The number of nitrogens with zero attached hydrogens (tertiary/aromatic N) is 1. The van der Waals surface area contributed by atoms with Crippen molar-refractivity contribution in [2.75, 3.05) is 13.7 Å². The number of methoxy groups -OCH3 is 1. The van der Waals surface area contributed by atoms with Crippen LogP contribution in [0, 0.1) is 11.3 Å². The van der Waals surface area contributed by atoms with E-state index in [1.54, 1.807) is 49.6 Å². The van der Waals surface area contributed by atoms with Gasteiger partial charge in [0, 0.05) is 11.6 Å². The number of fused-ring (bicyclic) bond motifs is 1. The van der Waals surface area contributed by atoms with Crippen LogP contribution in [0.25, 0.3) is 0 Å². The number of hydrogen-bond acceptors (Lipinski definition) is 7. The molecule has 0 saturated heterocycles. The standard InChI is InChI=1S/C28H26N2O5/c1-3-4-14-33-21-7-5-6-19(15-21)28(31)34-22-12-13-23-25(16-22)35-27(30)24(17-29)26(23)18-8-10-20(32-2)11-9-18/h5-13,15-16,26H,3-4,14,30H2,1-2H3. The summed E-state index contributed by atoms with van der Waals surface area (Å²) in [5.74, 6) is 1.12. The maximum atomic E-state index is 12.8. The van der Waals surface area contributed by atoms with Crippen LogP contribution in [0.3, 0.4) is 0 Å². The minimum atomic E-state index is -0.519. The maximum absolute atomic E-state index is 12.8. The molecule has 1 atom stereocenters. The van der Waals surface area contributed by atoms with Crippen molar-refractivity contribution in [3.63, 3.8) is 0 Å². The Balaban J connectivity index is 1.58. The highest BCUT2D eigenvalue weighted by molar-refractivity contribution is 5.91. The molecule has 0 fully saturated rings. The van der Waals surface area contributed by atoms with E-state index in [-0.39, 0.29) is 5.88 Å². The van der Waals surface area contributed by atoms with Crippen molar-refractivity contribution in [3.05, 3.63) is 94.9 Å². The van der Waals surface area contributed by atoms with Gasteiger partial charge < -0.3 is 24.7 Å². The van der Waals surface area contributed by atoms with Gasteiger partial charge in [-0.3, -0.25) is 0 Å². The van der Waals surface area contributed by atoms with E-state index in [1.807, 2.05) is 24.3 Å². The molecular weight excluding hydrogens is 444 g/mol. The smallest absolute Gasteiger partial charge is 0.343 e. The quantitative estimate of drug-likeness (QED) is 0.270. The highest BCUT2D eigenvalue weighted by Crippen LogP contribution is 2.43. The fraction of sp³-hybridized carbons (Fsp3) is 0.214. The SMILES string of the molecule is CCCCOc1cccc(C(=O)Oc2ccc3c(c2)OC(N)=C(C#N)C3c2ccc(OC)cc2)c1.